The second-order valence-electron chi connectivity index (χ2n) is 0.529. The molecule has 0 aromatic carbocycles. The third kappa shape index (κ3) is 5.08. The molecule has 3 N–H and O–H groups in total. The van der Waals surface area contributed by atoms with Gasteiger partial charge in [-0.25, -0.2) is 4.94 Å². The van der Waals surface area contributed by atoms with Gasteiger partial charge in [-0.15, -0.1) is 15.7 Å². The first-order valence-corrected chi connectivity index (χ1v) is 1.23. The molecule has 0 amide bonds. The summed E-state index contributed by atoms with van der Waals surface area (Å²) in [7, 11) is 0. The normalized spacial score (nSPS) is 8.14. The largest absolute Gasteiger partial charge is 0.313 e. The second kappa shape index (κ2) is 3.28. The lowest BCUT2D eigenvalue weighted by molar-refractivity contribution is -0.781. The number of nitrogens with one attached hydrogen (secondary N) is 2. The van der Waals surface area contributed by atoms with Crippen molar-refractivity contribution >= 4 is 0 Å². The summed E-state index contributed by atoms with van der Waals surface area (Å²) in [4.78, 5) is 12.4. The lowest BCUT2D eigenvalue weighted by atomic mass is 12.6. The average molecular weight is 109 g/mol. The second-order valence-corrected chi connectivity index (χ2v) is 0.529. The molecule has 0 saturated heterocycles. The maximum absolute atomic E-state index is 9.13. The van der Waals surface area contributed by atoms with Gasteiger partial charge in [-0.3, -0.25) is 0 Å². The molecular formula is H3N3O4. The van der Waals surface area contributed by atoms with Crippen molar-refractivity contribution in [3.05, 3.63) is 10.1 Å². The smallest absolute Gasteiger partial charge is 0.300 e. The van der Waals surface area contributed by atoms with Crippen molar-refractivity contribution in [3.63, 3.8) is 0 Å². The predicted molar refractivity (Wildman–Crippen MR) is 16.1 cm³/mol. The molecule has 0 bridgehead atoms. The average Bonchev–Trinajstić information content (AvgIpc) is 1.61. The van der Waals surface area contributed by atoms with Crippen LogP contribution in [0.25, 0.3) is 0 Å². The maximum Gasteiger partial charge on any atom is 0.313 e. The topological polar surface area (TPSA) is 96.7 Å². The lowest BCUT2D eigenvalue weighted by Crippen LogP contribution is -2.30. The maximum atomic E-state index is 9.13. The zero-order valence-electron chi connectivity index (χ0n) is 3.12. The first-order valence-electron chi connectivity index (χ1n) is 1.23. The SMILES string of the molecule is O=[N+]([O-])ONNO. The standard InChI is InChI=1S/H3N3O4/c4-1-2-7-3(5)6/h1-2,4H. The van der Waals surface area contributed by atoms with E-state index in [1.807, 2.05) is 0 Å². The molecule has 0 aromatic heterocycles. The molecule has 7 nitrogen and oxygen atoms in total. The molecular weight excluding hydrogens is 106 g/mol. The molecule has 0 fully saturated rings. The van der Waals surface area contributed by atoms with Gasteiger partial charge in [-0.05, 0) is 0 Å². The Balaban J connectivity index is 2.82. The molecule has 0 heterocycles. The van der Waals surface area contributed by atoms with Crippen molar-refractivity contribution in [2.75, 3.05) is 0 Å². The summed E-state index contributed by atoms with van der Waals surface area (Å²) < 4.78 is 0. The highest BCUT2D eigenvalue weighted by atomic mass is 17.0. The van der Waals surface area contributed by atoms with Crippen LogP contribution >= 0.6 is 0 Å². The minimum atomic E-state index is -1.12. The van der Waals surface area contributed by atoms with Crippen LogP contribution in [0.3, 0.4) is 0 Å². The van der Waals surface area contributed by atoms with Crippen LogP contribution in [0.4, 0.5) is 0 Å². The zero-order chi connectivity index (χ0) is 5.70. The van der Waals surface area contributed by atoms with E-state index in [0.717, 1.165) is 0 Å². The van der Waals surface area contributed by atoms with Crippen molar-refractivity contribution in [2.24, 2.45) is 0 Å². The molecule has 0 rings (SSSR count). The lowest BCUT2D eigenvalue weighted by Gasteiger charge is -1.92. The van der Waals surface area contributed by atoms with Gasteiger partial charge in [0.25, 0.3) is 0 Å². The molecule has 0 saturated carbocycles. The van der Waals surface area contributed by atoms with E-state index in [4.69, 9.17) is 15.3 Å². The molecule has 0 spiro atoms. The molecule has 7 heteroatoms. The van der Waals surface area contributed by atoms with Gasteiger partial charge in [-0.2, -0.15) is 0 Å². The Hall–Kier alpha value is -0.920. The summed E-state index contributed by atoms with van der Waals surface area (Å²) in [6, 6.07) is 0. The highest BCUT2D eigenvalue weighted by Crippen LogP contribution is 1.58. The van der Waals surface area contributed by atoms with Gasteiger partial charge in [0, 0.05) is 0 Å². The van der Waals surface area contributed by atoms with E-state index in [2.05, 4.69) is 4.94 Å². The summed E-state index contributed by atoms with van der Waals surface area (Å²) >= 11 is 0. The number of rotatable bonds is 3. The fourth-order valence-corrected chi connectivity index (χ4v) is 0.0577. The van der Waals surface area contributed by atoms with E-state index in [0.29, 0.717) is 0 Å². The van der Waals surface area contributed by atoms with Crippen LogP contribution in [-0.2, 0) is 4.94 Å². The molecule has 0 atom stereocenters. The van der Waals surface area contributed by atoms with Gasteiger partial charge in [0.05, 0.1) is 0 Å². The molecule has 0 unspecified atom stereocenters. The van der Waals surface area contributed by atoms with E-state index in [-0.39, 0.29) is 0 Å². The first kappa shape index (κ1) is 6.08. The third-order valence-corrected chi connectivity index (χ3v) is 0.166. The van der Waals surface area contributed by atoms with Crippen LogP contribution in [-0.4, -0.2) is 10.3 Å². The van der Waals surface area contributed by atoms with Gasteiger partial charge in [0.2, 0.25) is 0 Å². The summed E-state index contributed by atoms with van der Waals surface area (Å²) in [5, 5.41) is 15.5. The van der Waals surface area contributed by atoms with Gasteiger partial charge < -0.3 is 5.21 Å². The Morgan fingerprint density at radius 3 is 2.57 bits per heavy atom. The summed E-state index contributed by atoms with van der Waals surface area (Å²) in [6.07, 6.45) is 0. The monoisotopic (exact) mass is 109 g/mol. The Bertz CT molecular complexity index is 60.0. The van der Waals surface area contributed by atoms with Crippen molar-refractivity contribution in [2.45, 2.75) is 0 Å². The number of hydrazine groups is 1. The Labute approximate surface area is 37.9 Å². The minimum absolute atomic E-state index is 1.12. The van der Waals surface area contributed by atoms with Crippen LogP contribution in [0.2, 0.25) is 0 Å². The minimum Gasteiger partial charge on any atom is -0.300 e. The predicted octanol–water partition coefficient (Wildman–Crippen LogP) is -1.41. The highest BCUT2D eigenvalue weighted by Gasteiger charge is 1.86. The number of hydrogen-bond acceptors (Lipinski definition) is 6. The molecule has 7 heavy (non-hydrogen) atoms. The fraction of sp³-hybridized carbons (Fsp3) is 0. The van der Waals surface area contributed by atoms with E-state index >= 15 is 0 Å². The van der Waals surface area contributed by atoms with Gasteiger partial charge in [-0.1, -0.05) is 5.59 Å². The summed E-state index contributed by atoms with van der Waals surface area (Å²) in [6.45, 7) is 0. The third-order valence-electron chi connectivity index (χ3n) is 0.166. The van der Waals surface area contributed by atoms with Crippen LogP contribution in [0.1, 0.15) is 0 Å². The van der Waals surface area contributed by atoms with Crippen LogP contribution in [0, 0.1) is 10.1 Å². The van der Waals surface area contributed by atoms with E-state index in [1.54, 1.807) is 0 Å². The number of nitrogens with zero attached hydrogens (tertiary/aromatic N) is 1. The van der Waals surface area contributed by atoms with Crippen molar-refractivity contribution < 1.29 is 15.2 Å². The fourth-order valence-electron chi connectivity index (χ4n) is 0.0577. The van der Waals surface area contributed by atoms with Gasteiger partial charge >= 0.3 is 5.09 Å². The molecule has 0 aliphatic heterocycles. The van der Waals surface area contributed by atoms with Crippen molar-refractivity contribution in [1.82, 2.24) is 11.2 Å². The quantitative estimate of drug-likeness (QED) is 0.304. The van der Waals surface area contributed by atoms with E-state index < -0.39 is 5.09 Å². The Morgan fingerprint density at radius 1 is 1.86 bits per heavy atom. The van der Waals surface area contributed by atoms with E-state index in [9.17, 15) is 0 Å². The Morgan fingerprint density at radius 2 is 2.43 bits per heavy atom. The molecule has 42 valence electrons. The van der Waals surface area contributed by atoms with Crippen molar-refractivity contribution in [3.8, 4) is 0 Å². The van der Waals surface area contributed by atoms with Crippen LogP contribution < -0.4 is 11.2 Å². The number of hydrogen-bond donors (Lipinski definition) is 3. The summed E-state index contributed by atoms with van der Waals surface area (Å²) in [5.41, 5.74) is 2.54. The Kier molecular flexibility index (Phi) is 2.85. The van der Waals surface area contributed by atoms with Gasteiger partial charge in [0.15, 0.2) is 0 Å². The molecule has 0 aliphatic rings. The van der Waals surface area contributed by atoms with Crippen molar-refractivity contribution in [1.29, 1.82) is 0 Å². The van der Waals surface area contributed by atoms with Crippen LogP contribution in [0.15, 0.2) is 0 Å². The van der Waals surface area contributed by atoms with Gasteiger partial charge in [0.1, 0.15) is 0 Å². The molecule has 0 aromatic rings. The van der Waals surface area contributed by atoms with Crippen LogP contribution in [0.5, 0.6) is 0 Å². The first-order chi connectivity index (χ1) is 3.27. The zero-order valence-corrected chi connectivity index (χ0v) is 3.12. The molecule has 0 radical (unpaired) electrons. The highest BCUT2D eigenvalue weighted by molar-refractivity contribution is 3.87. The molecule has 0 aliphatic carbocycles. The van der Waals surface area contributed by atoms with E-state index in [1.165, 1.54) is 11.2 Å². The summed E-state index contributed by atoms with van der Waals surface area (Å²) in [5.74, 6) is 0.